The van der Waals surface area contributed by atoms with E-state index in [1.165, 1.54) is 17.6 Å². The Morgan fingerprint density at radius 2 is 1.93 bits per heavy atom. The molecule has 1 aromatic carbocycles. The number of carbonyl (C=O) groups excluding carboxylic acids is 3. The van der Waals surface area contributed by atoms with Crippen LogP contribution in [0.15, 0.2) is 6.07 Å². The maximum atomic E-state index is 15.2. The van der Waals surface area contributed by atoms with Crippen LogP contribution >= 0.6 is 0 Å². The zero-order chi connectivity index (χ0) is 22.0. The number of aliphatic hydroxyl groups excluding tert-OH is 1. The van der Waals surface area contributed by atoms with E-state index in [1.54, 1.807) is 6.92 Å². The topological polar surface area (TPSA) is 134 Å². The molecule has 5 N–H and O–H groups in total. The molecule has 1 aromatic rings. The normalized spacial score (nSPS) is 28.5. The van der Waals surface area contributed by atoms with Crippen LogP contribution in [-0.4, -0.2) is 54.3 Å². The quantitative estimate of drug-likeness (QED) is 0.310. The third kappa shape index (κ3) is 2.65. The number of rotatable bonds is 1. The largest absolute Gasteiger partial charge is 0.512 e. The van der Waals surface area contributed by atoms with Crippen LogP contribution in [0.1, 0.15) is 19.4 Å². The summed E-state index contributed by atoms with van der Waals surface area (Å²) in [5.41, 5.74) is 4.05. The molecule has 3 aliphatic heterocycles. The molecule has 30 heavy (non-hydrogen) atoms. The van der Waals surface area contributed by atoms with Crippen molar-refractivity contribution in [2.24, 2.45) is 11.1 Å². The lowest BCUT2D eigenvalue weighted by Gasteiger charge is -2.45. The molecule has 2 saturated heterocycles. The average Bonchev–Trinajstić information content (AvgIpc) is 2.67. The second-order valence-corrected chi connectivity index (χ2v) is 7.83. The lowest BCUT2D eigenvalue weighted by Crippen LogP contribution is -2.76. The molecule has 160 valence electrons. The molecule has 0 bridgehead atoms. The fourth-order valence-electron chi connectivity index (χ4n) is 4.81. The molecule has 11 heteroatoms. The summed E-state index contributed by atoms with van der Waals surface area (Å²) in [6.45, 7) is 2.90. The van der Waals surface area contributed by atoms with E-state index >= 15 is 4.39 Å². The zero-order valence-corrected chi connectivity index (χ0v) is 16.3. The van der Waals surface area contributed by atoms with E-state index in [1.807, 2.05) is 0 Å². The van der Waals surface area contributed by atoms with Gasteiger partial charge in [0.2, 0.25) is 17.2 Å². The van der Waals surface area contributed by atoms with Crippen LogP contribution < -0.4 is 31.5 Å². The smallest absolute Gasteiger partial charge is 0.328 e. The lowest BCUT2D eigenvalue weighted by molar-refractivity contribution is -0.159. The average molecular weight is 423 g/mol. The molecule has 3 heterocycles. The van der Waals surface area contributed by atoms with Crippen molar-refractivity contribution < 1.29 is 33.0 Å². The molecule has 1 spiro atoms. The Hall–Kier alpha value is -2.92. The Balaban J connectivity index is 2.09. The van der Waals surface area contributed by atoms with E-state index in [0.717, 1.165) is 0 Å². The van der Waals surface area contributed by atoms with Crippen molar-refractivity contribution in [2.45, 2.75) is 38.5 Å². The summed E-state index contributed by atoms with van der Waals surface area (Å²) in [5, 5.41) is 13.5. The van der Waals surface area contributed by atoms with E-state index in [9.17, 15) is 23.9 Å². The van der Waals surface area contributed by atoms with Gasteiger partial charge in [-0.25, -0.2) is 13.8 Å². The highest BCUT2D eigenvalue weighted by Gasteiger charge is 2.66. The molecular formula is C19H21F2N4O5+. The van der Waals surface area contributed by atoms with Gasteiger partial charge in [0.25, 0.3) is 11.8 Å². The summed E-state index contributed by atoms with van der Waals surface area (Å²) < 4.78 is 37.1. The second kappa shape index (κ2) is 6.81. The van der Waals surface area contributed by atoms with Crippen molar-refractivity contribution in [3.05, 3.63) is 33.8 Å². The molecule has 0 aromatic heterocycles. The van der Waals surface area contributed by atoms with Crippen molar-refractivity contribution >= 4 is 23.6 Å². The standard InChI is InChI=1S/C19H20F2N4O5/c1-7(26)11-3-9-4-19(16(27)23-18(29)24-17(19)28)15-8(2)30-10(5-22)6-25(15)14(9)13(21)12(11)20/h3,8,10,15H,4-6,22H2,1-2H3,(H2,23,24,27,28,29)/p+1/t8-,10+,15+/m0/s1. The van der Waals surface area contributed by atoms with Gasteiger partial charge in [0.15, 0.2) is 17.8 Å². The minimum absolute atomic E-state index is 0.00624. The van der Waals surface area contributed by atoms with Gasteiger partial charge in [-0.1, -0.05) is 0 Å². The van der Waals surface area contributed by atoms with Crippen molar-refractivity contribution in [3.63, 3.8) is 0 Å². The van der Waals surface area contributed by atoms with E-state index in [2.05, 4.69) is 10.6 Å². The molecule has 0 radical (unpaired) electrons. The van der Waals surface area contributed by atoms with Crippen LogP contribution in [0.25, 0.3) is 5.76 Å². The number of imide groups is 2. The Morgan fingerprint density at radius 3 is 2.50 bits per heavy atom. The van der Waals surface area contributed by atoms with E-state index in [-0.39, 0.29) is 35.6 Å². The molecule has 0 saturated carbocycles. The van der Waals surface area contributed by atoms with Gasteiger partial charge >= 0.3 is 6.03 Å². The number of carbonyl (C=O) groups is 3. The number of morpholine rings is 1. The van der Waals surface area contributed by atoms with Crippen LogP contribution in [-0.2, 0) is 20.7 Å². The number of fused-ring (bicyclic) bond motifs is 3. The van der Waals surface area contributed by atoms with E-state index in [0.29, 0.717) is 0 Å². The maximum absolute atomic E-state index is 15.2. The summed E-state index contributed by atoms with van der Waals surface area (Å²) in [4.78, 5) is 37.7. The molecule has 9 nitrogen and oxygen atoms in total. The Bertz CT molecular complexity index is 1090. The summed E-state index contributed by atoms with van der Waals surface area (Å²) in [6, 6.07) is -0.752. The number of amides is 4. The van der Waals surface area contributed by atoms with Crippen LogP contribution in [0.5, 0.6) is 0 Å². The van der Waals surface area contributed by atoms with Gasteiger partial charge in [0, 0.05) is 18.5 Å². The summed E-state index contributed by atoms with van der Waals surface area (Å²) in [5.74, 6) is -4.59. The first kappa shape index (κ1) is 20.4. The van der Waals surface area contributed by atoms with Crippen molar-refractivity contribution in [1.29, 1.82) is 0 Å². The Labute approximate surface area is 169 Å². The number of benzene rings is 1. The monoisotopic (exact) mass is 423 g/mol. The van der Waals surface area contributed by atoms with Gasteiger partial charge in [0.1, 0.15) is 12.2 Å². The van der Waals surface area contributed by atoms with Crippen molar-refractivity contribution in [2.75, 3.05) is 13.1 Å². The number of urea groups is 1. The predicted molar refractivity (Wildman–Crippen MR) is 98.4 cm³/mol. The number of hydrogen-bond donors (Lipinski definition) is 4. The first-order valence-electron chi connectivity index (χ1n) is 9.44. The third-order valence-electron chi connectivity index (χ3n) is 6.03. The van der Waals surface area contributed by atoms with E-state index in [4.69, 9.17) is 10.5 Å². The molecular weight excluding hydrogens is 402 g/mol. The van der Waals surface area contributed by atoms with Gasteiger partial charge in [0.05, 0.1) is 11.0 Å². The van der Waals surface area contributed by atoms with Crippen LogP contribution in [0.4, 0.5) is 13.6 Å². The van der Waals surface area contributed by atoms with Crippen LogP contribution in [0.2, 0.25) is 0 Å². The van der Waals surface area contributed by atoms with Crippen molar-refractivity contribution in [1.82, 2.24) is 15.2 Å². The molecule has 2 fully saturated rings. The highest BCUT2D eigenvalue weighted by atomic mass is 19.2. The highest BCUT2D eigenvalue weighted by Crippen LogP contribution is 2.37. The number of nitrogens with one attached hydrogen (secondary N) is 2. The number of hydrogen-bond acceptors (Lipinski definition) is 6. The fourth-order valence-corrected chi connectivity index (χ4v) is 4.81. The Kier molecular flexibility index (Phi) is 4.62. The number of ether oxygens (including phenoxy) is 1. The zero-order valence-electron chi connectivity index (χ0n) is 16.3. The number of halogens is 2. The first-order chi connectivity index (χ1) is 14.1. The van der Waals surface area contributed by atoms with Gasteiger partial charge in [-0.05, 0) is 19.9 Å². The van der Waals surface area contributed by atoms with Crippen LogP contribution in [0, 0.1) is 17.0 Å². The first-order valence-corrected chi connectivity index (χ1v) is 9.44. The minimum Gasteiger partial charge on any atom is -0.512 e. The second-order valence-electron chi connectivity index (χ2n) is 7.83. The summed E-state index contributed by atoms with van der Waals surface area (Å²) >= 11 is 0. The summed E-state index contributed by atoms with van der Waals surface area (Å²) in [6.07, 6.45) is -1.63. The van der Waals surface area contributed by atoms with Gasteiger partial charge in [-0.2, -0.15) is 4.39 Å². The molecule has 3 aliphatic rings. The fraction of sp³-hybridized carbons (Fsp3) is 0.474. The minimum atomic E-state index is -1.83. The molecule has 0 aliphatic carbocycles. The van der Waals surface area contributed by atoms with Crippen LogP contribution in [0.3, 0.4) is 0 Å². The van der Waals surface area contributed by atoms with E-state index < -0.39 is 58.9 Å². The lowest BCUT2D eigenvalue weighted by atomic mass is 9.68. The SMILES string of the molecule is C/C(O)=c1/cc2c(c(F)c1F)=[N+]1C[C@@H](CN)O[C@@H](C)[C@@H]1C1(C2)C(=O)NC(=O)NC1=O. The number of barbiturate groups is 1. The van der Waals surface area contributed by atoms with Gasteiger partial charge < -0.3 is 15.6 Å². The molecule has 3 atom stereocenters. The maximum Gasteiger partial charge on any atom is 0.328 e. The third-order valence-corrected chi connectivity index (χ3v) is 6.03. The summed E-state index contributed by atoms with van der Waals surface area (Å²) in [7, 11) is 0. The molecule has 4 rings (SSSR count). The molecule has 0 unspecified atom stereocenters. The number of nitrogens with two attached hydrogens (primary N) is 1. The van der Waals surface area contributed by atoms with Gasteiger partial charge in [-0.15, -0.1) is 0 Å². The predicted octanol–water partition coefficient (Wildman–Crippen LogP) is -1.83. The highest BCUT2D eigenvalue weighted by molar-refractivity contribution is 6.20. The Morgan fingerprint density at radius 1 is 1.30 bits per heavy atom. The van der Waals surface area contributed by atoms with Crippen molar-refractivity contribution in [3.8, 4) is 0 Å². The van der Waals surface area contributed by atoms with Gasteiger partial charge in [-0.3, -0.25) is 20.2 Å². The molecule has 4 amide bonds. The number of nitrogens with zero attached hydrogens (tertiary/aromatic N) is 1. The number of aliphatic hydroxyl groups is 1.